The molecule has 0 saturated heterocycles. The molecule has 0 unspecified atom stereocenters. The van der Waals surface area contributed by atoms with Gasteiger partial charge < -0.3 is 9.55 Å². The molecule has 40 heavy (non-hydrogen) atoms. The van der Waals surface area contributed by atoms with E-state index in [-0.39, 0.29) is 0 Å². The molecular weight excluding hydrogens is 484 g/mol. The van der Waals surface area contributed by atoms with Crippen LogP contribution in [0.3, 0.4) is 0 Å². The summed E-state index contributed by atoms with van der Waals surface area (Å²) in [6.07, 6.45) is 0. The molecule has 0 radical (unpaired) electrons. The van der Waals surface area contributed by atoms with Crippen LogP contribution in [-0.2, 0) is 0 Å². The second kappa shape index (κ2) is 8.08. The second-order valence-corrected chi connectivity index (χ2v) is 10.7. The SMILES string of the molecule is c1ccc2cc(-n3c4ccc(-c5ccc6[nH]c7ccccc7c6c5)cc4c4ccc5ccccc5c43)ccc2c1. The van der Waals surface area contributed by atoms with Crippen molar-refractivity contribution in [1.82, 2.24) is 9.55 Å². The van der Waals surface area contributed by atoms with Crippen LogP contribution in [0.5, 0.6) is 0 Å². The molecular formula is C38H24N2. The van der Waals surface area contributed by atoms with Crippen molar-refractivity contribution >= 4 is 65.2 Å². The summed E-state index contributed by atoms with van der Waals surface area (Å²) in [6, 6.07) is 50.9. The van der Waals surface area contributed by atoms with Crippen molar-refractivity contribution in [2.24, 2.45) is 0 Å². The van der Waals surface area contributed by atoms with Gasteiger partial charge in [0, 0.05) is 43.7 Å². The van der Waals surface area contributed by atoms with Gasteiger partial charge in [-0.3, -0.25) is 0 Å². The summed E-state index contributed by atoms with van der Waals surface area (Å²) in [5, 5.41) is 10.1. The monoisotopic (exact) mass is 508 g/mol. The maximum absolute atomic E-state index is 3.56. The number of para-hydroxylation sites is 1. The molecule has 2 aromatic heterocycles. The molecule has 7 aromatic carbocycles. The number of rotatable bonds is 2. The average molecular weight is 509 g/mol. The van der Waals surface area contributed by atoms with Gasteiger partial charge in [0.25, 0.3) is 0 Å². The van der Waals surface area contributed by atoms with Crippen molar-refractivity contribution in [3.05, 3.63) is 140 Å². The Kier molecular flexibility index (Phi) is 4.36. The lowest BCUT2D eigenvalue weighted by atomic mass is 10.00. The van der Waals surface area contributed by atoms with Gasteiger partial charge in [-0.05, 0) is 69.8 Å². The van der Waals surface area contributed by atoms with Crippen LogP contribution in [0, 0.1) is 0 Å². The standard InChI is InChI=1S/C38H24N2/c1-2-9-26-21-29(17-13-24(26)7-1)40-37-20-16-28(23-34(37)32-18-14-25-8-3-4-10-30(25)38(32)40)27-15-19-36-33(22-27)31-11-5-6-12-35(31)39-36/h1-23,39H. The van der Waals surface area contributed by atoms with E-state index in [0.29, 0.717) is 0 Å². The summed E-state index contributed by atoms with van der Waals surface area (Å²) in [5.74, 6) is 0. The van der Waals surface area contributed by atoms with Crippen LogP contribution >= 0.6 is 0 Å². The molecule has 0 bridgehead atoms. The molecule has 0 aliphatic rings. The normalized spacial score (nSPS) is 12.0. The fourth-order valence-corrected chi connectivity index (χ4v) is 6.57. The van der Waals surface area contributed by atoms with Gasteiger partial charge in [-0.1, -0.05) is 97.1 Å². The number of benzene rings is 7. The van der Waals surface area contributed by atoms with E-state index in [1.54, 1.807) is 0 Å². The Balaban J connectivity index is 1.34. The zero-order chi connectivity index (χ0) is 26.2. The van der Waals surface area contributed by atoms with E-state index in [1.165, 1.54) is 82.0 Å². The summed E-state index contributed by atoms with van der Waals surface area (Å²) >= 11 is 0. The number of hydrogen-bond donors (Lipinski definition) is 1. The Morgan fingerprint density at radius 2 is 1.07 bits per heavy atom. The molecule has 186 valence electrons. The van der Waals surface area contributed by atoms with E-state index in [0.717, 1.165) is 0 Å². The van der Waals surface area contributed by atoms with Crippen LogP contribution in [-0.4, -0.2) is 9.55 Å². The van der Waals surface area contributed by atoms with Crippen molar-refractivity contribution in [1.29, 1.82) is 0 Å². The fraction of sp³-hybridized carbons (Fsp3) is 0. The summed E-state index contributed by atoms with van der Waals surface area (Å²) < 4.78 is 2.45. The van der Waals surface area contributed by atoms with Crippen LogP contribution in [0.25, 0.3) is 82.0 Å². The Labute approximate surface area is 230 Å². The van der Waals surface area contributed by atoms with Crippen molar-refractivity contribution in [2.45, 2.75) is 0 Å². The third-order valence-electron chi connectivity index (χ3n) is 8.48. The molecule has 2 heterocycles. The van der Waals surface area contributed by atoms with Gasteiger partial charge in [-0.25, -0.2) is 0 Å². The zero-order valence-electron chi connectivity index (χ0n) is 21.7. The van der Waals surface area contributed by atoms with E-state index in [1.807, 2.05) is 0 Å². The molecule has 0 amide bonds. The molecule has 2 heteroatoms. The molecule has 2 nitrogen and oxygen atoms in total. The van der Waals surface area contributed by atoms with Crippen molar-refractivity contribution in [3.8, 4) is 16.8 Å². The van der Waals surface area contributed by atoms with Crippen LogP contribution in [0.2, 0.25) is 0 Å². The van der Waals surface area contributed by atoms with Crippen LogP contribution in [0.1, 0.15) is 0 Å². The smallest absolute Gasteiger partial charge is 0.0619 e. The van der Waals surface area contributed by atoms with E-state index in [4.69, 9.17) is 0 Å². The summed E-state index contributed by atoms with van der Waals surface area (Å²) in [6.45, 7) is 0. The number of nitrogens with zero attached hydrogens (tertiary/aromatic N) is 1. The van der Waals surface area contributed by atoms with Gasteiger partial charge in [0.1, 0.15) is 0 Å². The molecule has 9 rings (SSSR count). The van der Waals surface area contributed by atoms with E-state index >= 15 is 0 Å². The topological polar surface area (TPSA) is 20.7 Å². The number of nitrogens with one attached hydrogen (secondary N) is 1. The highest BCUT2D eigenvalue weighted by Gasteiger charge is 2.16. The summed E-state index contributed by atoms with van der Waals surface area (Å²) in [4.78, 5) is 3.56. The zero-order valence-corrected chi connectivity index (χ0v) is 21.7. The molecule has 0 fully saturated rings. The quantitative estimate of drug-likeness (QED) is 0.240. The van der Waals surface area contributed by atoms with Gasteiger partial charge in [-0.15, -0.1) is 0 Å². The van der Waals surface area contributed by atoms with Crippen LogP contribution in [0.15, 0.2) is 140 Å². The highest BCUT2D eigenvalue weighted by Crippen LogP contribution is 2.39. The van der Waals surface area contributed by atoms with Gasteiger partial charge >= 0.3 is 0 Å². The van der Waals surface area contributed by atoms with Gasteiger partial charge in [0.2, 0.25) is 0 Å². The number of fused-ring (bicyclic) bond motifs is 9. The predicted octanol–water partition coefficient (Wildman–Crippen LogP) is 10.4. The van der Waals surface area contributed by atoms with E-state index in [9.17, 15) is 0 Å². The van der Waals surface area contributed by atoms with Crippen molar-refractivity contribution < 1.29 is 0 Å². The second-order valence-electron chi connectivity index (χ2n) is 10.7. The van der Waals surface area contributed by atoms with Crippen molar-refractivity contribution in [3.63, 3.8) is 0 Å². The lowest BCUT2D eigenvalue weighted by molar-refractivity contribution is 1.19. The Morgan fingerprint density at radius 3 is 1.98 bits per heavy atom. The molecule has 0 aliphatic carbocycles. The Morgan fingerprint density at radius 1 is 0.400 bits per heavy atom. The maximum atomic E-state index is 3.56. The third-order valence-corrected chi connectivity index (χ3v) is 8.48. The number of aromatic nitrogens is 2. The predicted molar refractivity (Wildman–Crippen MR) is 171 cm³/mol. The molecule has 0 atom stereocenters. The van der Waals surface area contributed by atoms with Gasteiger partial charge in [0.15, 0.2) is 0 Å². The number of aromatic amines is 1. The molecule has 0 aliphatic heterocycles. The minimum Gasteiger partial charge on any atom is -0.355 e. The number of H-pyrrole nitrogens is 1. The minimum absolute atomic E-state index is 1.17. The minimum atomic E-state index is 1.17. The van der Waals surface area contributed by atoms with Crippen LogP contribution < -0.4 is 0 Å². The Bertz CT molecular complexity index is 2440. The van der Waals surface area contributed by atoms with Crippen molar-refractivity contribution in [2.75, 3.05) is 0 Å². The first-order chi connectivity index (χ1) is 19.8. The van der Waals surface area contributed by atoms with Crippen LogP contribution in [0.4, 0.5) is 0 Å². The summed E-state index contributed by atoms with van der Waals surface area (Å²) in [5.41, 5.74) is 8.46. The number of hydrogen-bond acceptors (Lipinski definition) is 0. The lowest BCUT2D eigenvalue weighted by Crippen LogP contribution is -1.94. The molecule has 0 spiro atoms. The first-order valence-electron chi connectivity index (χ1n) is 13.8. The summed E-state index contributed by atoms with van der Waals surface area (Å²) in [7, 11) is 0. The third kappa shape index (κ3) is 3.05. The Hall–Kier alpha value is -5.34. The van der Waals surface area contributed by atoms with Gasteiger partial charge in [0.05, 0.1) is 11.0 Å². The van der Waals surface area contributed by atoms with E-state index < -0.39 is 0 Å². The first kappa shape index (κ1) is 21.6. The fourth-order valence-electron chi connectivity index (χ4n) is 6.57. The largest absolute Gasteiger partial charge is 0.355 e. The lowest BCUT2D eigenvalue weighted by Gasteiger charge is -2.11. The average Bonchev–Trinajstić information content (AvgIpc) is 3.56. The maximum Gasteiger partial charge on any atom is 0.0619 e. The van der Waals surface area contributed by atoms with E-state index in [2.05, 4.69) is 149 Å². The molecule has 9 aromatic rings. The first-order valence-corrected chi connectivity index (χ1v) is 13.8. The van der Waals surface area contributed by atoms with Gasteiger partial charge in [-0.2, -0.15) is 0 Å². The molecule has 0 saturated carbocycles. The highest BCUT2D eigenvalue weighted by molar-refractivity contribution is 6.19. The highest BCUT2D eigenvalue weighted by atomic mass is 15.0. The molecule has 1 N–H and O–H groups in total.